The van der Waals surface area contributed by atoms with E-state index in [-0.39, 0.29) is 0 Å². The predicted octanol–water partition coefficient (Wildman–Crippen LogP) is 4.20. The molecule has 1 aliphatic carbocycles. The van der Waals surface area contributed by atoms with Crippen molar-refractivity contribution in [3.05, 3.63) is 71.9 Å². The number of rotatable bonds is 1. The number of pyridine rings is 1. The van der Waals surface area contributed by atoms with Crippen LogP contribution in [0.1, 0.15) is 11.1 Å². The van der Waals surface area contributed by atoms with E-state index >= 15 is 0 Å². The SMILES string of the molecule is c1ccc2c(c1)Cc1cccc(-c3nc4ncccc4[nH]3)c1-2. The molecular formula is C19H13N3. The first-order valence-corrected chi connectivity index (χ1v) is 7.41. The van der Waals surface area contributed by atoms with Crippen LogP contribution in [0, 0.1) is 0 Å². The minimum atomic E-state index is 0.765. The number of H-pyrrole nitrogens is 1. The van der Waals surface area contributed by atoms with Gasteiger partial charge in [0.15, 0.2) is 5.65 Å². The van der Waals surface area contributed by atoms with Crippen molar-refractivity contribution >= 4 is 11.2 Å². The number of benzene rings is 2. The first-order valence-electron chi connectivity index (χ1n) is 7.41. The number of hydrogen-bond donors (Lipinski definition) is 1. The molecule has 0 aliphatic heterocycles. The Bertz CT molecular complexity index is 981. The van der Waals surface area contributed by atoms with Gasteiger partial charge in [-0.1, -0.05) is 42.5 Å². The smallest absolute Gasteiger partial charge is 0.178 e. The molecule has 5 rings (SSSR count). The van der Waals surface area contributed by atoms with Crippen LogP contribution in [0.2, 0.25) is 0 Å². The van der Waals surface area contributed by atoms with E-state index < -0.39 is 0 Å². The van der Waals surface area contributed by atoms with E-state index in [0.29, 0.717) is 0 Å². The van der Waals surface area contributed by atoms with Gasteiger partial charge in [-0.3, -0.25) is 0 Å². The molecule has 1 N–H and O–H groups in total. The standard InChI is InChI=1S/C19H13N3/c1-2-7-14-12(5-1)11-13-6-3-8-15(17(13)14)18-21-16-9-4-10-20-19(16)22-18/h1-10H,11H2,(H,20,21,22). The fraction of sp³-hybridized carbons (Fsp3) is 0.0526. The largest absolute Gasteiger partial charge is 0.337 e. The summed E-state index contributed by atoms with van der Waals surface area (Å²) >= 11 is 0. The summed E-state index contributed by atoms with van der Waals surface area (Å²) in [6.07, 6.45) is 2.77. The van der Waals surface area contributed by atoms with Crippen LogP contribution in [0.15, 0.2) is 60.8 Å². The second kappa shape index (κ2) is 4.28. The lowest BCUT2D eigenvalue weighted by atomic mass is 9.99. The summed E-state index contributed by atoms with van der Waals surface area (Å²) in [5, 5.41) is 0. The number of nitrogens with one attached hydrogen (secondary N) is 1. The number of imidazole rings is 1. The molecule has 0 bridgehead atoms. The summed E-state index contributed by atoms with van der Waals surface area (Å²) in [5.74, 6) is 0.891. The van der Waals surface area contributed by atoms with Crippen LogP contribution >= 0.6 is 0 Å². The average Bonchev–Trinajstić information content (AvgIpc) is 3.15. The Morgan fingerprint density at radius 1 is 0.818 bits per heavy atom. The Balaban J connectivity index is 1.80. The molecule has 0 unspecified atom stereocenters. The normalized spacial score (nSPS) is 12.4. The Labute approximate surface area is 127 Å². The van der Waals surface area contributed by atoms with Crippen LogP contribution in [0.5, 0.6) is 0 Å². The zero-order valence-electron chi connectivity index (χ0n) is 11.9. The van der Waals surface area contributed by atoms with Crippen molar-refractivity contribution in [1.29, 1.82) is 0 Å². The monoisotopic (exact) mass is 283 g/mol. The lowest BCUT2D eigenvalue weighted by molar-refractivity contribution is 1.26. The lowest BCUT2D eigenvalue weighted by Crippen LogP contribution is -1.87. The molecule has 22 heavy (non-hydrogen) atoms. The van der Waals surface area contributed by atoms with E-state index in [2.05, 4.69) is 57.4 Å². The topological polar surface area (TPSA) is 41.6 Å². The molecule has 2 aromatic carbocycles. The highest BCUT2D eigenvalue weighted by molar-refractivity contribution is 5.90. The molecule has 3 heteroatoms. The van der Waals surface area contributed by atoms with E-state index in [1.54, 1.807) is 6.20 Å². The van der Waals surface area contributed by atoms with Crippen molar-refractivity contribution in [1.82, 2.24) is 15.0 Å². The van der Waals surface area contributed by atoms with Gasteiger partial charge in [-0.25, -0.2) is 9.97 Å². The summed E-state index contributed by atoms with van der Waals surface area (Å²) in [5.41, 5.74) is 8.27. The van der Waals surface area contributed by atoms with Gasteiger partial charge in [0.1, 0.15) is 5.82 Å². The van der Waals surface area contributed by atoms with Crippen LogP contribution in [0.25, 0.3) is 33.7 Å². The predicted molar refractivity (Wildman–Crippen MR) is 87.6 cm³/mol. The molecule has 104 valence electrons. The summed E-state index contributed by atoms with van der Waals surface area (Å²) < 4.78 is 0. The number of aromatic nitrogens is 3. The molecule has 1 aliphatic rings. The fourth-order valence-electron chi connectivity index (χ4n) is 3.36. The van der Waals surface area contributed by atoms with E-state index in [1.165, 1.54) is 22.3 Å². The van der Waals surface area contributed by atoms with Gasteiger partial charge in [-0.2, -0.15) is 0 Å². The van der Waals surface area contributed by atoms with Crippen molar-refractivity contribution in [2.75, 3.05) is 0 Å². The average molecular weight is 283 g/mol. The molecular weight excluding hydrogens is 270 g/mol. The van der Waals surface area contributed by atoms with Gasteiger partial charge in [0.25, 0.3) is 0 Å². The first kappa shape index (κ1) is 11.7. The van der Waals surface area contributed by atoms with E-state index in [0.717, 1.165) is 29.0 Å². The van der Waals surface area contributed by atoms with Crippen LogP contribution < -0.4 is 0 Å². The molecule has 0 radical (unpaired) electrons. The molecule has 2 aromatic heterocycles. The summed E-state index contributed by atoms with van der Waals surface area (Å²) in [7, 11) is 0. The summed E-state index contributed by atoms with van der Waals surface area (Å²) in [6, 6.07) is 19.0. The first-order chi connectivity index (χ1) is 10.9. The van der Waals surface area contributed by atoms with Gasteiger partial charge in [-0.15, -0.1) is 0 Å². The zero-order valence-corrected chi connectivity index (χ0v) is 11.9. The van der Waals surface area contributed by atoms with Gasteiger partial charge >= 0.3 is 0 Å². The van der Waals surface area contributed by atoms with E-state index in [4.69, 9.17) is 0 Å². The maximum atomic E-state index is 4.67. The van der Waals surface area contributed by atoms with Gasteiger partial charge in [0, 0.05) is 11.8 Å². The van der Waals surface area contributed by atoms with Crippen molar-refractivity contribution in [2.45, 2.75) is 6.42 Å². The summed E-state index contributed by atoms with van der Waals surface area (Å²) in [6.45, 7) is 0. The quantitative estimate of drug-likeness (QED) is 0.501. The minimum Gasteiger partial charge on any atom is -0.337 e. The van der Waals surface area contributed by atoms with Crippen molar-refractivity contribution in [2.24, 2.45) is 0 Å². The number of aromatic amines is 1. The third kappa shape index (κ3) is 1.56. The highest BCUT2D eigenvalue weighted by Crippen LogP contribution is 2.42. The molecule has 3 nitrogen and oxygen atoms in total. The van der Waals surface area contributed by atoms with Crippen LogP contribution in [0.3, 0.4) is 0 Å². The molecule has 0 spiro atoms. The minimum absolute atomic E-state index is 0.765. The van der Waals surface area contributed by atoms with E-state index in [9.17, 15) is 0 Å². The Morgan fingerprint density at radius 3 is 2.64 bits per heavy atom. The Kier molecular flexibility index (Phi) is 2.27. The van der Waals surface area contributed by atoms with Gasteiger partial charge < -0.3 is 4.98 Å². The second-order valence-electron chi connectivity index (χ2n) is 5.63. The molecule has 2 heterocycles. The zero-order chi connectivity index (χ0) is 14.5. The molecule has 0 atom stereocenters. The third-order valence-electron chi connectivity index (χ3n) is 4.33. The lowest BCUT2D eigenvalue weighted by Gasteiger charge is -2.07. The third-order valence-corrected chi connectivity index (χ3v) is 4.33. The van der Waals surface area contributed by atoms with Gasteiger partial charge in [0.2, 0.25) is 0 Å². The van der Waals surface area contributed by atoms with Crippen molar-refractivity contribution in [3.63, 3.8) is 0 Å². The number of nitrogens with zero attached hydrogens (tertiary/aromatic N) is 2. The summed E-state index contributed by atoms with van der Waals surface area (Å²) in [4.78, 5) is 12.4. The Morgan fingerprint density at radius 2 is 1.68 bits per heavy atom. The number of hydrogen-bond acceptors (Lipinski definition) is 2. The van der Waals surface area contributed by atoms with Crippen LogP contribution in [0.4, 0.5) is 0 Å². The number of fused-ring (bicyclic) bond motifs is 4. The van der Waals surface area contributed by atoms with Crippen molar-refractivity contribution < 1.29 is 0 Å². The highest BCUT2D eigenvalue weighted by Gasteiger charge is 2.22. The Hall–Kier alpha value is -2.94. The molecule has 4 aromatic rings. The maximum absolute atomic E-state index is 4.67. The fourth-order valence-corrected chi connectivity index (χ4v) is 3.36. The molecule has 0 saturated heterocycles. The van der Waals surface area contributed by atoms with E-state index in [1.807, 2.05) is 12.1 Å². The van der Waals surface area contributed by atoms with Crippen molar-refractivity contribution in [3.8, 4) is 22.5 Å². The highest BCUT2D eigenvalue weighted by atomic mass is 15.0. The van der Waals surface area contributed by atoms with Gasteiger partial charge in [-0.05, 0) is 40.8 Å². The maximum Gasteiger partial charge on any atom is 0.178 e. The molecule has 0 amide bonds. The van der Waals surface area contributed by atoms with Crippen LogP contribution in [-0.4, -0.2) is 15.0 Å². The second-order valence-corrected chi connectivity index (χ2v) is 5.63. The van der Waals surface area contributed by atoms with Crippen LogP contribution in [-0.2, 0) is 6.42 Å². The molecule has 0 fully saturated rings. The molecule has 0 saturated carbocycles. The van der Waals surface area contributed by atoms with Gasteiger partial charge in [0.05, 0.1) is 5.52 Å².